The third-order valence-corrected chi connectivity index (χ3v) is 5.88. The predicted octanol–water partition coefficient (Wildman–Crippen LogP) is 2.88. The molecule has 0 saturated heterocycles. The van der Waals surface area contributed by atoms with E-state index in [0.717, 1.165) is 31.9 Å². The Balaban J connectivity index is 1.50. The summed E-state index contributed by atoms with van der Waals surface area (Å²) < 4.78 is 34.5. The van der Waals surface area contributed by atoms with Gasteiger partial charge in [0.1, 0.15) is 11.5 Å². The number of methoxy groups -OCH3 is 1. The number of nitrogens with zero attached hydrogens (tertiary/aromatic N) is 3. The number of hydrogen-bond acceptors (Lipinski definition) is 5. The van der Waals surface area contributed by atoms with Crippen molar-refractivity contribution in [3.05, 3.63) is 35.8 Å². The second kappa shape index (κ2) is 7.70. The number of hydrogen-bond donors (Lipinski definition) is 2. The van der Waals surface area contributed by atoms with E-state index in [1.165, 1.54) is 24.1 Å². The highest BCUT2D eigenvalue weighted by Crippen LogP contribution is 2.50. The highest BCUT2D eigenvalue weighted by molar-refractivity contribution is 5.94. The Bertz CT molecular complexity index is 898. The minimum Gasteiger partial charge on any atom is -0.481 e. The summed E-state index contributed by atoms with van der Waals surface area (Å²) in [6.45, 7) is 1.71. The summed E-state index contributed by atoms with van der Waals surface area (Å²) in [5.74, 6) is -0.368. The third-order valence-electron chi connectivity index (χ3n) is 5.88. The topological polar surface area (TPSA) is 95.1 Å². The molecule has 0 bridgehead atoms. The van der Waals surface area contributed by atoms with E-state index < -0.39 is 29.8 Å². The number of pyridine rings is 1. The zero-order valence-electron chi connectivity index (χ0n) is 16.4. The van der Waals surface area contributed by atoms with Crippen molar-refractivity contribution in [2.24, 2.45) is 23.5 Å². The fraction of sp³-hybridized carbons (Fsp3) is 0.550. The van der Waals surface area contributed by atoms with Gasteiger partial charge >= 0.3 is 0 Å². The first-order valence-corrected chi connectivity index (χ1v) is 9.89. The molecule has 7 nitrogen and oxygen atoms in total. The van der Waals surface area contributed by atoms with E-state index in [1.54, 1.807) is 6.92 Å². The Hall–Kier alpha value is -2.55. The van der Waals surface area contributed by atoms with Crippen molar-refractivity contribution < 1.29 is 18.3 Å². The van der Waals surface area contributed by atoms with Crippen molar-refractivity contribution in [2.45, 2.75) is 44.7 Å². The van der Waals surface area contributed by atoms with E-state index in [-0.39, 0.29) is 17.5 Å². The molecule has 2 aromatic heterocycles. The molecule has 0 aromatic carbocycles. The molecule has 0 radical (unpaired) electrons. The lowest BCUT2D eigenvalue weighted by molar-refractivity contribution is -0.118. The third kappa shape index (κ3) is 4.10. The molecule has 1 amide bonds. The number of halogens is 2. The number of anilines is 1. The average molecular weight is 405 g/mol. The van der Waals surface area contributed by atoms with Gasteiger partial charge in [0.15, 0.2) is 0 Å². The van der Waals surface area contributed by atoms with Crippen LogP contribution < -0.4 is 15.8 Å². The zero-order chi connectivity index (χ0) is 20.7. The first kappa shape index (κ1) is 19.8. The smallest absolute Gasteiger partial charge is 0.256 e. The van der Waals surface area contributed by atoms with Crippen LogP contribution in [0.1, 0.15) is 44.2 Å². The van der Waals surface area contributed by atoms with Crippen LogP contribution in [-0.4, -0.2) is 33.8 Å². The summed E-state index contributed by atoms with van der Waals surface area (Å²) in [7, 11) is 1.42. The van der Waals surface area contributed by atoms with Crippen molar-refractivity contribution in [3.8, 4) is 5.88 Å². The molecule has 9 heteroatoms. The van der Waals surface area contributed by atoms with Gasteiger partial charge < -0.3 is 15.8 Å². The van der Waals surface area contributed by atoms with Crippen LogP contribution in [0.3, 0.4) is 0 Å². The number of carbonyl (C=O) groups excluding carboxylic acids is 1. The minimum atomic E-state index is -0.824. The van der Waals surface area contributed by atoms with Crippen molar-refractivity contribution >= 4 is 11.6 Å². The van der Waals surface area contributed by atoms with Crippen LogP contribution in [0.5, 0.6) is 5.88 Å². The van der Waals surface area contributed by atoms with Crippen molar-refractivity contribution in [1.82, 2.24) is 14.8 Å². The number of carbonyl (C=O) groups is 1. The summed E-state index contributed by atoms with van der Waals surface area (Å²) in [5.41, 5.74) is 6.58. The second-order valence-corrected chi connectivity index (χ2v) is 8.01. The van der Waals surface area contributed by atoms with Crippen LogP contribution in [0.15, 0.2) is 18.5 Å². The van der Waals surface area contributed by atoms with E-state index in [1.807, 2.05) is 0 Å². The van der Waals surface area contributed by atoms with Crippen LogP contribution in [0.25, 0.3) is 0 Å². The number of nitrogens with one attached hydrogen (secondary N) is 1. The molecule has 29 heavy (non-hydrogen) atoms. The summed E-state index contributed by atoms with van der Waals surface area (Å²) in [6.07, 6.45) is 6.84. The molecule has 0 spiro atoms. The van der Waals surface area contributed by atoms with Gasteiger partial charge in [0.2, 0.25) is 11.8 Å². The number of nitrogens with two attached hydrogens (primary N) is 1. The van der Waals surface area contributed by atoms with E-state index in [2.05, 4.69) is 15.4 Å². The van der Waals surface area contributed by atoms with Gasteiger partial charge in [0.05, 0.1) is 31.6 Å². The van der Waals surface area contributed by atoms with E-state index >= 15 is 0 Å². The Morgan fingerprint density at radius 2 is 1.97 bits per heavy atom. The molecule has 2 aromatic rings. The summed E-state index contributed by atoms with van der Waals surface area (Å²) in [4.78, 5) is 16.5. The summed E-state index contributed by atoms with van der Waals surface area (Å²) >= 11 is 0. The molecule has 2 aliphatic rings. The van der Waals surface area contributed by atoms with Gasteiger partial charge in [-0.2, -0.15) is 4.39 Å². The quantitative estimate of drug-likeness (QED) is 0.704. The van der Waals surface area contributed by atoms with Crippen molar-refractivity contribution in [3.63, 3.8) is 0 Å². The largest absolute Gasteiger partial charge is 0.481 e. The van der Waals surface area contributed by atoms with Crippen molar-refractivity contribution in [1.29, 1.82) is 0 Å². The van der Waals surface area contributed by atoms with Gasteiger partial charge in [-0.15, -0.1) is 5.10 Å². The minimum absolute atomic E-state index is 0.0500. The normalized spacial score (nSPS) is 18.6. The molecular formula is C20H25F2N5O2. The number of aromatic nitrogens is 3. The van der Waals surface area contributed by atoms with Crippen LogP contribution in [-0.2, 0) is 4.79 Å². The number of amides is 1. The van der Waals surface area contributed by atoms with Gasteiger partial charge in [-0.3, -0.25) is 9.48 Å². The molecule has 2 atom stereocenters. The summed E-state index contributed by atoms with van der Waals surface area (Å²) in [5, 5.41) is 6.41. The van der Waals surface area contributed by atoms with Crippen LogP contribution >= 0.6 is 0 Å². The zero-order valence-corrected chi connectivity index (χ0v) is 16.4. The van der Waals surface area contributed by atoms with Gasteiger partial charge in [-0.05, 0) is 56.4 Å². The maximum atomic E-state index is 14.4. The van der Waals surface area contributed by atoms with E-state index in [0.29, 0.717) is 17.4 Å². The molecule has 2 aliphatic carbocycles. The Morgan fingerprint density at radius 3 is 2.55 bits per heavy atom. The fourth-order valence-corrected chi connectivity index (χ4v) is 4.03. The Labute approximate surface area is 167 Å². The molecule has 0 aliphatic heterocycles. The van der Waals surface area contributed by atoms with Crippen LogP contribution in [0.4, 0.5) is 14.5 Å². The predicted molar refractivity (Wildman–Crippen MR) is 102 cm³/mol. The lowest BCUT2D eigenvalue weighted by Crippen LogP contribution is -2.43. The standard InChI is InChI=1S/C20H25F2N5O2/c1-10(14-7-13(21)8-24-20(14)29-2)27-9-15(18(22)26-27)25-19(28)17(23)16(11-3-4-11)12-5-6-12/h7-12,16-17H,3-6,23H2,1-2H3,(H,25,28)/t10-,17?/m0/s1. The van der Waals surface area contributed by atoms with Gasteiger partial charge in [-0.1, -0.05) is 0 Å². The lowest BCUT2D eigenvalue weighted by Gasteiger charge is -2.22. The molecule has 2 saturated carbocycles. The van der Waals surface area contributed by atoms with Crippen LogP contribution in [0, 0.1) is 29.5 Å². The van der Waals surface area contributed by atoms with Gasteiger partial charge in [0.25, 0.3) is 5.95 Å². The molecule has 1 unspecified atom stereocenters. The van der Waals surface area contributed by atoms with Crippen LogP contribution in [0.2, 0.25) is 0 Å². The highest BCUT2D eigenvalue weighted by atomic mass is 19.1. The molecule has 2 fully saturated rings. The monoisotopic (exact) mass is 405 g/mol. The van der Waals surface area contributed by atoms with E-state index in [4.69, 9.17) is 10.5 Å². The SMILES string of the molecule is COc1ncc(F)cc1[C@H](C)n1cc(NC(=O)C(N)C(C2CC2)C2CC2)c(F)n1. The Kier molecular flexibility index (Phi) is 5.24. The van der Waals surface area contributed by atoms with Gasteiger partial charge in [0, 0.05) is 5.56 Å². The molecule has 3 N–H and O–H groups in total. The maximum absolute atomic E-state index is 14.4. The van der Waals surface area contributed by atoms with Crippen molar-refractivity contribution in [2.75, 3.05) is 12.4 Å². The summed E-state index contributed by atoms with van der Waals surface area (Å²) in [6, 6.07) is 0.0375. The molecule has 2 heterocycles. The number of ether oxygens (including phenoxy) is 1. The molecular weight excluding hydrogens is 380 g/mol. The fourth-order valence-electron chi connectivity index (χ4n) is 4.03. The molecule has 4 rings (SSSR count). The Morgan fingerprint density at radius 1 is 1.31 bits per heavy atom. The van der Waals surface area contributed by atoms with E-state index in [9.17, 15) is 13.6 Å². The first-order chi connectivity index (χ1) is 13.9. The highest BCUT2D eigenvalue weighted by Gasteiger charge is 2.46. The molecule has 156 valence electrons. The van der Waals surface area contributed by atoms with Gasteiger partial charge in [-0.25, -0.2) is 9.37 Å². The maximum Gasteiger partial charge on any atom is 0.256 e. The first-order valence-electron chi connectivity index (χ1n) is 9.89. The average Bonchev–Trinajstić information content (AvgIpc) is 3.62. The second-order valence-electron chi connectivity index (χ2n) is 8.01. The lowest BCUT2D eigenvalue weighted by atomic mass is 9.89. The number of rotatable bonds is 8.